The summed E-state index contributed by atoms with van der Waals surface area (Å²) in [5, 5.41) is 21.1. The van der Waals surface area contributed by atoms with Gasteiger partial charge < -0.3 is 20.9 Å². The van der Waals surface area contributed by atoms with Gasteiger partial charge in [0.2, 0.25) is 5.96 Å². The molecule has 1 aliphatic rings. The molecule has 0 aromatic rings. The Balaban J connectivity index is 2.66. The first-order valence-corrected chi connectivity index (χ1v) is 4.38. The zero-order chi connectivity index (χ0) is 10.1. The van der Waals surface area contributed by atoms with Crippen LogP contribution in [0.5, 0.6) is 0 Å². The van der Waals surface area contributed by atoms with E-state index in [1.54, 1.807) is 4.90 Å². The number of aliphatic hydroxyl groups excluding tert-OH is 1. The van der Waals surface area contributed by atoms with Crippen LogP contribution in [-0.4, -0.2) is 40.4 Å². The average molecular weight is 187 g/mol. The molecular formula is C8H17N3O2. The molecule has 76 valence electrons. The second kappa shape index (κ2) is 3.41. The van der Waals surface area contributed by atoms with E-state index in [4.69, 9.17) is 10.9 Å². The normalized spacial score (nSPS) is 29.0. The van der Waals surface area contributed by atoms with Gasteiger partial charge in [0.15, 0.2) is 0 Å². The molecule has 13 heavy (non-hydrogen) atoms. The van der Waals surface area contributed by atoms with Gasteiger partial charge in [-0.2, -0.15) is 0 Å². The van der Waals surface area contributed by atoms with E-state index in [1.165, 1.54) is 0 Å². The molecule has 1 rings (SSSR count). The first kappa shape index (κ1) is 10.1. The van der Waals surface area contributed by atoms with Crippen molar-refractivity contribution in [2.45, 2.75) is 26.4 Å². The Labute approximate surface area is 77.8 Å². The molecule has 1 fully saturated rings. The second-order valence-corrected chi connectivity index (χ2v) is 4.17. The fourth-order valence-corrected chi connectivity index (χ4v) is 1.60. The molecule has 0 spiro atoms. The number of rotatable bonds is 0. The van der Waals surface area contributed by atoms with Gasteiger partial charge in [0.05, 0.1) is 6.10 Å². The summed E-state index contributed by atoms with van der Waals surface area (Å²) in [6, 6.07) is 0. The lowest BCUT2D eigenvalue weighted by Gasteiger charge is -2.41. The van der Waals surface area contributed by atoms with Gasteiger partial charge in [-0.15, -0.1) is 0 Å². The number of nitrogens with zero attached hydrogens (tertiary/aromatic N) is 2. The molecule has 0 aromatic heterocycles. The van der Waals surface area contributed by atoms with Crippen molar-refractivity contribution in [2.75, 3.05) is 13.1 Å². The number of aliphatic hydroxyl groups is 1. The van der Waals surface area contributed by atoms with Gasteiger partial charge in [-0.25, -0.2) is 0 Å². The molecule has 0 radical (unpaired) electrons. The van der Waals surface area contributed by atoms with E-state index in [1.807, 2.05) is 13.8 Å². The van der Waals surface area contributed by atoms with Crippen LogP contribution in [0.3, 0.4) is 0 Å². The highest BCUT2D eigenvalue weighted by Crippen LogP contribution is 2.28. The van der Waals surface area contributed by atoms with Gasteiger partial charge in [-0.05, 0) is 6.42 Å². The summed E-state index contributed by atoms with van der Waals surface area (Å²) in [5.74, 6) is 0.125. The van der Waals surface area contributed by atoms with E-state index in [2.05, 4.69) is 5.16 Å². The second-order valence-electron chi connectivity index (χ2n) is 4.17. The smallest absolute Gasteiger partial charge is 0.233 e. The molecule has 1 unspecified atom stereocenters. The third-order valence-electron chi connectivity index (χ3n) is 2.60. The number of piperidine rings is 1. The Kier molecular flexibility index (Phi) is 2.66. The Bertz CT molecular complexity index is 215. The Morgan fingerprint density at radius 2 is 2.23 bits per heavy atom. The highest BCUT2D eigenvalue weighted by molar-refractivity contribution is 5.77. The van der Waals surface area contributed by atoms with Crippen molar-refractivity contribution in [3.63, 3.8) is 0 Å². The quantitative estimate of drug-likeness (QED) is 0.212. The maximum atomic E-state index is 9.64. The van der Waals surface area contributed by atoms with Crippen molar-refractivity contribution in [3.8, 4) is 0 Å². The van der Waals surface area contributed by atoms with Gasteiger partial charge in [0.25, 0.3) is 0 Å². The largest absolute Gasteiger partial charge is 0.408 e. The van der Waals surface area contributed by atoms with Crippen LogP contribution < -0.4 is 5.73 Å². The molecule has 0 saturated carbocycles. The van der Waals surface area contributed by atoms with Crippen molar-refractivity contribution in [1.29, 1.82) is 0 Å². The number of likely N-dealkylation sites (tertiary alicyclic amines) is 1. The molecule has 1 saturated heterocycles. The van der Waals surface area contributed by atoms with Crippen LogP contribution >= 0.6 is 0 Å². The van der Waals surface area contributed by atoms with Crippen molar-refractivity contribution >= 4 is 5.96 Å². The maximum Gasteiger partial charge on any atom is 0.233 e. The molecular weight excluding hydrogens is 170 g/mol. The van der Waals surface area contributed by atoms with Crippen LogP contribution in [0, 0.1) is 5.41 Å². The zero-order valence-corrected chi connectivity index (χ0v) is 8.06. The van der Waals surface area contributed by atoms with Crippen molar-refractivity contribution in [3.05, 3.63) is 0 Å². The van der Waals surface area contributed by atoms with E-state index in [0.717, 1.165) is 0 Å². The summed E-state index contributed by atoms with van der Waals surface area (Å²) < 4.78 is 0. The topological polar surface area (TPSA) is 82.1 Å². The lowest BCUT2D eigenvalue weighted by Crippen LogP contribution is -2.52. The minimum Gasteiger partial charge on any atom is -0.408 e. The molecule has 0 bridgehead atoms. The van der Waals surface area contributed by atoms with Crippen LogP contribution in [-0.2, 0) is 0 Å². The van der Waals surface area contributed by atoms with E-state index >= 15 is 0 Å². The minimum absolute atomic E-state index is 0.125. The number of guanidine groups is 1. The molecule has 1 atom stereocenters. The van der Waals surface area contributed by atoms with Gasteiger partial charge in [0, 0.05) is 18.5 Å². The van der Waals surface area contributed by atoms with E-state index < -0.39 is 0 Å². The zero-order valence-electron chi connectivity index (χ0n) is 8.06. The van der Waals surface area contributed by atoms with Crippen molar-refractivity contribution in [2.24, 2.45) is 16.3 Å². The maximum absolute atomic E-state index is 9.64. The number of hydrogen-bond acceptors (Lipinski definition) is 3. The van der Waals surface area contributed by atoms with E-state index in [-0.39, 0.29) is 17.5 Å². The molecule has 1 heterocycles. The van der Waals surface area contributed by atoms with Crippen molar-refractivity contribution in [1.82, 2.24) is 4.90 Å². The van der Waals surface area contributed by atoms with Gasteiger partial charge in [0.1, 0.15) is 0 Å². The van der Waals surface area contributed by atoms with Crippen LogP contribution in [0.15, 0.2) is 5.16 Å². The molecule has 0 aliphatic carbocycles. The number of oxime groups is 1. The van der Waals surface area contributed by atoms with Crippen LogP contribution in [0.1, 0.15) is 20.3 Å². The van der Waals surface area contributed by atoms with Crippen LogP contribution in [0.4, 0.5) is 0 Å². The fourth-order valence-electron chi connectivity index (χ4n) is 1.60. The van der Waals surface area contributed by atoms with Crippen LogP contribution in [0.2, 0.25) is 0 Å². The Morgan fingerprint density at radius 1 is 1.62 bits per heavy atom. The number of nitrogens with two attached hydrogens (primary N) is 1. The molecule has 0 amide bonds. The Hall–Kier alpha value is -0.970. The Morgan fingerprint density at radius 3 is 2.69 bits per heavy atom. The lowest BCUT2D eigenvalue weighted by molar-refractivity contribution is -0.00513. The minimum atomic E-state index is -0.310. The molecule has 5 nitrogen and oxygen atoms in total. The monoisotopic (exact) mass is 187 g/mol. The molecule has 1 aliphatic heterocycles. The summed E-state index contributed by atoms with van der Waals surface area (Å²) in [4.78, 5) is 1.77. The third-order valence-corrected chi connectivity index (χ3v) is 2.60. The fraction of sp³-hybridized carbons (Fsp3) is 0.875. The molecule has 4 N–H and O–H groups in total. The van der Waals surface area contributed by atoms with E-state index in [9.17, 15) is 5.11 Å². The standard InChI is InChI=1S/C8H17N3O2/c1-8(2)5-11(7(9)10-13)4-3-6(8)12/h6,12-13H,3-5H2,1-2H3,(H2,9,10). The summed E-state index contributed by atoms with van der Waals surface area (Å²) in [6.45, 7) is 5.19. The summed E-state index contributed by atoms with van der Waals surface area (Å²) in [7, 11) is 0. The first-order valence-electron chi connectivity index (χ1n) is 4.38. The van der Waals surface area contributed by atoms with Crippen molar-refractivity contribution < 1.29 is 10.3 Å². The summed E-state index contributed by atoms with van der Waals surface area (Å²) in [5.41, 5.74) is 5.26. The van der Waals surface area contributed by atoms with E-state index in [0.29, 0.717) is 19.5 Å². The highest BCUT2D eigenvalue weighted by Gasteiger charge is 2.35. The molecule has 0 aromatic carbocycles. The van der Waals surface area contributed by atoms with Gasteiger partial charge in [-0.1, -0.05) is 19.0 Å². The lowest BCUT2D eigenvalue weighted by atomic mass is 9.81. The summed E-state index contributed by atoms with van der Waals surface area (Å²) >= 11 is 0. The first-order chi connectivity index (χ1) is 5.97. The summed E-state index contributed by atoms with van der Waals surface area (Å²) in [6.07, 6.45) is 0.346. The van der Waals surface area contributed by atoms with Gasteiger partial charge in [-0.3, -0.25) is 0 Å². The third kappa shape index (κ3) is 2.03. The van der Waals surface area contributed by atoms with Crippen LogP contribution in [0.25, 0.3) is 0 Å². The predicted molar refractivity (Wildman–Crippen MR) is 49.4 cm³/mol. The average Bonchev–Trinajstić information content (AvgIpc) is 2.08. The highest BCUT2D eigenvalue weighted by atomic mass is 16.4. The SMILES string of the molecule is CC1(C)CN(/C(N)=N/O)CCC1O. The predicted octanol–water partition coefficient (Wildman–Crippen LogP) is -0.217. The molecule has 5 heteroatoms. The van der Waals surface area contributed by atoms with Gasteiger partial charge >= 0.3 is 0 Å². The number of hydrogen-bond donors (Lipinski definition) is 3.